The Morgan fingerprint density at radius 1 is 1.24 bits per heavy atom. The monoisotopic (exact) mass is 285 g/mol. The summed E-state index contributed by atoms with van der Waals surface area (Å²) in [7, 11) is 0. The fraction of sp³-hybridized carbons (Fsp3) is 0.529. The first-order chi connectivity index (χ1) is 10.3. The Bertz CT molecular complexity index is 499. The highest BCUT2D eigenvalue weighted by Gasteiger charge is 2.14. The van der Waals surface area contributed by atoms with Crippen LogP contribution in [0, 0.1) is 11.3 Å². The van der Waals surface area contributed by atoms with E-state index in [0.717, 1.165) is 31.5 Å². The van der Waals surface area contributed by atoms with E-state index in [-0.39, 0.29) is 5.91 Å². The van der Waals surface area contributed by atoms with Crippen molar-refractivity contribution in [3.05, 3.63) is 35.4 Å². The molecule has 0 spiro atoms. The third-order valence-corrected chi connectivity index (χ3v) is 3.86. The van der Waals surface area contributed by atoms with Crippen LogP contribution in [0.5, 0.6) is 0 Å². The molecule has 1 saturated heterocycles. The minimum Gasteiger partial charge on any atom is -0.343 e. The Morgan fingerprint density at radius 3 is 2.71 bits per heavy atom. The summed E-state index contributed by atoms with van der Waals surface area (Å²) in [6.45, 7) is 3.22. The predicted octanol–water partition coefficient (Wildman–Crippen LogP) is 2.44. The van der Waals surface area contributed by atoms with Gasteiger partial charge in [-0.15, -0.1) is 0 Å². The van der Waals surface area contributed by atoms with Crippen molar-refractivity contribution in [2.24, 2.45) is 0 Å². The zero-order chi connectivity index (χ0) is 14.9. The number of carbonyl (C=O) groups is 1. The Labute approximate surface area is 126 Å². The van der Waals surface area contributed by atoms with Gasteiger partial charge in [0, 0.05) is 32.6 Å². The number of amides is 1. The summed E-state index contributed by atoms with van der Waals surface area (Å²) in [5.41, 5.74) is 1.76. The van der Waals surface area contributed by atoms with Gasteiger partial charge in [0.25, 0.3) is 0 Å². The van der Waals surface area contributed by atoms with Gasteiger partial charge in [-0.3, -0.25) is 4.79 Å². The second-order valence-electron chi connectivity index (χ2n) is 5.53. The van der Waals surface area contributed by atoms with Crippen LogP contribution in [0.25, 0.3) is 0 Å². The molecule has 4 heteroatoms. The summed E-state index contributed by atoms with van der Waals surface area (Å²) in [5, 5.41) is 12.1. The van der Waals surface area contributed by atoms with Gasteiger partial charge in [0.2, 0.25) is 5.91 Å². The van der Waals surface area contributed by atoms with Crippen molar-refractivity contribution in [3.63, 3.8) is 0 Å². The quantitative estimate of drug-likeness (QED) is 0.845. The van der Waals surface area contributed by atoms with E-state index in [4.69, 9.17) is 5.26 Å². The molecule has 1 amide bonds. The molecule has 0 atom stereocenters. The van der Waals surface area contributed by atoms with Gasteiger partial charge >= 0.3 is 0 Å². The number of likely N-dealkylation sites (tertiary alicyclic amines) is 1. The predicted molar refractivity (Wildman–Crippen MR) is 82.5 cm³/mol. The first-order valence-corrected chi connectivity index (χ1v) is 7.77. The molecule has 2 rings (SSSR count). The molecule has 0 bridgehead atoms. The van der Waals surface area contributed by atoms with E-state index in [1.165, 1.54) is 12.8 Å². The molecule has 0 radical (unpaired) electrons. The van der Waals surface area contributed by atoms with Crippen molar-refractivity contribution in [2.45, 2.75) is 38.6 Å². The molecule has 0 aliphatic carbocycles. The number of nitrogens with one attached hydrogen (secondary N) is 1. The number of hydrogen-bond donors (Lipinski definition) is 1. The summed E-state index contributed by atoms with van der Waals surface area (Å²) >= 11 is 0. The van der Waals surface area contributed by atoms with E-state index in [1.54, 1.807) is 6.07 Å². The minimum absolute atomic E-state index is 0.259. The van der Waals surface area contributed by atoms with E-state index in [0.29, 0.717) is 25.1 Å². The van der Waals surface area contributed by atoms with Crippen LogP contribution in [0.3, 0.4) is 0 Å². The fourth-order valence-electron chi connectivity index (χ4n) is 2.66. The third-order valence-electron chi connectivity index (χ3n) is 3.86. The second kappa shape index (κ2) is 8.43. The van der Waals surface area contributed by atoms with Crippen LogP contribution in [0.1, 0.15) is 43.2 Å². The molecule has 1 aliphatic heterocycles. The van der Waals surface area contributed by atoms with E-state index in [2.05, 4.69) is 11.4 Å². The van der Waals surface area contributed by atoms with Crippen LogP contribution in [0.2, 0.25) is 0 Å². The van der Waals surface area contributed by atoms with Crippen molar-refractivity contribution in [1.82, 2.24) is 10.2 Å². The Balaban J connectivity index is 1.69. The Kier molecular flexibility index (Phi) is 6.23. The summed E-state index contributed by atoms with van der Waals surface area (Å²) in [6.07, 6.45) is 5.33. The molecule has 1 fully saturated rings. The highest BCUT2D eigenvalue weighted by Crippen LogP contribution is 2.10. The lowest BCUT2D eigenvalue weighted by molar-refractivity contribution is -0.131. The molecule has 1 N–H and O–H groups in total. The molecule has 112 valence electrons. The normalized spacial score (nSPS) is 15.3. The van der Waals surface area contributed by atoms with Crippen molar-refractivity contribution in [1.29, 1.82) is 5.26 Å². The topological polar surface area (TPSA) is 56.1 Å². The molecular formula is C17H23N3O. The van der Waals surface area contributed by atoms with Gasteiger partial charge in [-0.1, -0.05) is 25.0 Å². The van der Waals surface area contributed by atoms with Crippen LogP contribution in [-0.4, -0.2) is 30.4 Å². The van der Waals surface area contributed by atoms with Gasteiger partial charge < -0.3 is 10.2 Å². The van der Waals surface area contributed by atoms with E-state index < -0.39 is 0 Å². The standard InChI is InChI=1S/C17H23N3O/c18-13-15-6-5-7-16(12-15)14-19-9-8-17(21)20-10-3-1-2-4-11-20/h5-7,12,19H,1-4,8-11,14H2. The molecule has 0 aromatic heterocycles. The Morgan fingerprint density at radius 2 is 2.00 bits per heavy atom. The lowest BCUT2D eigenvalue weighted by Gasteiger charge is -2.20. The molecular weight excluding hydrogens is 262 g/mol. The zero-order valence-corrected chi connectivity index (χ0v) is 12.5. The average Bonchev–Trinajstić information content (AvgIpc) is 2.81. The van der Waals surface area contributed by atoms with Crippen molar-refractivity contribution in [3.8, 4) is 6.07 Å². The van der Waals surface area contributed by atoms with Crippen LogP contribution in [0.15, 0.2) is 24.3 Å². The zero-order valence-electron chi connectivity index (χ0n) is 12.5. The summed E-state index contributed by atoms with van der Waals surface area (Å²) in [4.78, 5) is 14.1. The highest BCUT2D eigenvalue weighted by molar-refractivity contribution is 5.76. The van der Waals surface area contributed by atoms with Gasteiger partial charge in [0.15, 0.2) is 0 Å². The van der Waals surface area contributed by atoms with E-state index >= 15 is 0 Å². The molecule has 21 heavy (non-hydrogen) atoms. The fourth-order valence-corrected chi connectivity index (χ4v) is 2.66. The van der Waals surface area contributed by atoms with E-state index in [1.807, 2.05) is 23.1 Å². The summed E-state index contributed by atoms with van der Waals surface area (Å²) in [6, 6.07) is 9.69. The van der Waals surface area contributed by atoms with Gasteiger partial charge in [-0.05, 0) is 30.5 Å². The number of nitriles is 1. The summed E-state index contributed by atoms with van der Waals surface area (Å²) in [5.74, 6) is 0.259. The van der Waals surface area contributed by atoms with Gasteiger partial charge in [0.1, 0.15) is 0 Å². The summed E-state index contributed by atoms with van der Waals surface area (Å²) < 4.78 is 0. The molecule has 1 aromatic rings. The average molecular weight is 285 g/mol. The smallest absolute Gasteiger partial charge is 0.223 e. The maximum absolute atomic E-state index is 12.1. The molecule has 0 saturated carbocycles. The Hall–Kier alpha value is -1.86. The molecule has 4 nitrogen and oxygen atoms in total. The number of rotatable bonds is 5. The third kappa shape index (κ3) is 5.20. The van der Waals surface area contributed by atoms with Crippen LogP contribution in [0.4, 0.5) is 0 Å². The lowest BCUT2D eigenvalue weighted by Crippen LogP contribution is -2.33. The molecule has 0 unspecified atom stereocenters. The number of carbonyl (C=O) groups excluding carboxylic acids is 1. The van der Waals surface area contributed by atoms with Crippen molar-refractivity contribution >= 4 is 5.91 Å². The second-order valence-corrected chi connectivity index (χ2v) is 5.53. The maximum Gasteiger partial charge on any atom is 0.223 e. The number of benzene rings is 1. The number of nitrogens with zero attached hydrogens (tertiary/aromatic N) is 2. The van der Waals surface area contributed by atoms with Crippen LogP contribution < -0.4 is 5.32 Å². The van der Waals surface area contributed by atoms with Gasteiger partial charge in [-0.2, -0.15) is 5.26 Å². The molecule has 1 aliphatic rings. The molecule has 1 heterocycles. The first-order valence-electron chi connectivity index (χ1n) is 7.77. The van der Waals surface area contributed by atoms with Crippen molar-refractivity contribution < 1.29 is 4.79 Å². The van der Waals surface area contributed by atoms with Gasteiger partial charge in [0.05, 0.1) is 11.6 Å². The minimum atomic E-state index is 0.259. The largest absolute Gasteiger partial charge is 0.343 e. The van der Waals surface area contributed by atoms with Crippen LogP contribution >= 0.6 is 0 Å². The number of hydrogen-bond acceptors (Lipinski definition) is 3. The first kappa shape index (κ1) is 15.5. The SMILES string of the molecule is N#Cc1cccc(CNCCC(=O)N2CCCCCC2)c1. The molecule has 1 aromatic carbocycles. The highest BCUT2D eigenvalue weighted by atomic mass is 16.2. The van der Waals surface area contributed by atoms with Crippen molar-refractivity contribution in [2.75, 3.05) is 19.6 Å². The lowest BCUT2D eigenvalue weighted by atomic mass is 10.1. The van der Waals surface area contributed by atoms with Crippen LogP contribution in [-0.2, 0) is 11.3 Å². The van der Waals surface area contributed by atoms with E-state index in [9.17, 15) is 4.79 Å². The maximum atomic E-state index is 12.1. The van der Waals surface area contributed by atoms with Gasteiger partial charge in [-0.25, -0.2) is 0 Å².